The summed E-state index contributed by atoms with van der Waals surface area (Å²) in [6.07, 6.45) is 1.74. The van der Waals surface area contributed by atoms with Crippen molar-refractivity contribution in [3.8, 4) is 0 Å². The Morgan fingerprint density at radius 2 is 1.85 bits per heavy atom. The van der Waals surface area contributed by atoms with Crippen molar-refractivity contribution in [2.75, 3.05) is 11.5 Å². The van der Waals surface area contributed by atoms with Crippen LogP contribution in [0.2, 0.25) is 0 Å². The van der Waals surface area contributed by atoms with Gasteiger partial charge in [-0.1, -0.05) is 37.3 Å². The van der Waals surface area contributed by atoms with Crippen molar-refractivity contribution in [1.82, 2.24) is 0 Å². The lowest BCUT2D eigenvalue weighted by Gasteiger charge is -2.11. The van der Waals surface area contributed by atoms with E-state index in [4.69, 9.17) is 5.73 Å². The van der Waals surface area contributed by atoms with E-state index in [-0.39, 0.29) is 23.3 Å². The third kappa shape index (κ3) is 6.30. The molecular weight excluding hydrogens is 274 g/mol. The van der Waals surface area contributed by atoms with E-state index < -0.39 is 9.84 Å². The minimum atomic E-state index is -2.97. The normalized spacial score (nSPS) is 13.1. The number of benzene rings is 1. The van der Waals surface area contributed by atoms with E-state index in [1.807, 2.05) is 30.3 Å². The van der Waals surface area contributed by atoms with Crippen molar-refractivity contribution in [2.45, 2.75) is 38.6 Å². The number of hydrogen-bond donors (Lipinski definition) is 1. The van der Waals surface area contributed by atoms with Gasteiger partial charge >= 0.3 is 0 Å². The zero-order valence-electron chi connectivity index (χ0n) is 11.9. The Morgan fingerprint density at radius 1 is 1.20 bits per heavy atom. The summed E-state index contributed by atoms with van der Waals surface area (Å²) in [6.45, 7) is 1.62. The number of Topliss-reactive ketones (excluding diaryl/α,β-unsaturated/α-hetero) is 1. The first-order chi connectivity index (χ1) is 9.44. The summed E-state index contributed by atoms with van der Waals surface area (Å²) in [7, 11) is -2.97. The molecule has 1 atom stereocenters. The van der Waals surface area contributed by atoms with Crippen molar-refractivity contribution in [1.29, 1.82) is 0 Å². The molecule has 0 radical (unpaired) electrons. The standard InChI is InChI=1S/C15H23NO3S/c1-2-20(18,19)12-6-9-14(17)10-11-15(16)13-7-4-3-5-8-13/h3-5,7-8,15H,2,6,9-12,16H2,1H3. The van der Waals surface area contributed by atoms with Gasteiger partial charge in [-0.05, 0) is 18.4 Å². The van der Waals surface area contributed by atoms with E-state index in [0.717, 1.165) is 5.56 Å². The summed E-state index contributed by atoms with van der Waals surface area (Å²) in [5, 5.41) is 0. The first-order valence-corrected chi connectivity index (χ1v) is 8.79. The summed E-state index contributed by atoms with van der Waals surface area (Å²) in [5.74, 6) is 0.322. The molecule has 5 heteroatoms. The molecule has 0 saturated carbocycles. The minimum absolute atomic E-state index is 0.0858. The molecule has 0 aromatic heterocycles. The molecule has 1 unspecified atom stereocenters. The fraction of sp³-hybridized carbons (Fsp3) is 0.533. The molecule has 4 nitrogen and oxygen atoms in total. The van der Waals surface area contributed by atoms with Crippen molar-refractivity contribution in [2.24, 2.45) is 5.73 Å². The summed E-state index contributed by atoms with van der Waals surface area (Å²) < 4.78 is 22.6. The molecule has 1 aromatic rings. The highest BCUT2D eigenvalue weighted by atomic mass is 32.2. The maximum Gasteiger partial charge on any atom is 0.150 e. The molecule has 112 valence electrons. The van der Waals surface area contributed by atoms with E-state index in [0.29, 0.717) is 25.7 Å². The van der Waals surface area contributed by atoms with Crippen LogP contribution in [-0.2, 0) is 14.6 Å². The summed E-state index contributed by atoms with van der Waals surface area (Å²) in [5.41, 5.74) is 7.04. The molecule has 0 spiro atoms. The molecule has 0 aliphatic carbocycles. The summed E-state index contributed by atoms with van der Waals surface area (Å²) in [4.78, 5) is 11.7. The van der Waals surface area contributed by atoms with E-state index in [9.17, 15) is 13.2 Å². The van der Waals surface area contributed by atoms with Crippen LogP contribution in [0.15, 0.2) is 30.3 Å². The van der Waals surface area contributed by atoms with E-state index in [2.05, 4.69) is 0 Å². The second kappa shape index (κ2) is 8.17. The van der Waals surface area contributed by atoms with Crippen LogP contribution in [-0.4, -0.2) is 25.7 Å². The van der Waals surface area contributed by atoms with Gasteiger partial charge in [-0.3, -0.25) is 4.79 Å². The van der Waals surface area contributed by atoms with Gasteiger partial charge in [-0.25, -0.2) is 8.42 Å². The molecule has 1 rings (SSSR count). The Bertz CT molecular complexity index is 511. The molecule has 0 bridgehead atoms. The maximum atomic E-state index is 11.7. The molecule has 0 heterocycles. The van der Waals surface area contributed by atoms with Crippen LogP contribution in [0.3, 0.4) is 0 Å². The van der Waals surface area contributed by atoms with Gasteiger partial charge in [0, 0.05) is 24.6 Å². The number of carbonyl (C=O) groups is 1. The molecule has 2 N–H and O–H groups in total. The number of rotatable bonds is 9. The topological polar surface area (TPSA) is 77.2 Å². The van der Waals surface area contributed by atoms with Crippen molar-refractivity contribution in [3.63, 3.8) is 0 Å². The van der Waals surface area contributed by atoms with E-state index in [1.165, 1.54) is 0 Å². The van der Waals surface area contributed by atoms with Crippen LogP contribution in [0.4, 0.5) is 0 Å². The highest BCUT2D eigenvalue weighted by Gasteiger charge is 2.11. The fourth-order valence-electron chi connectivity index (χ4n) is 1.94. The molecule has 20 heavy (non-hydrogen) atoms. The lowest BCUT2D eigenvalue weighted by atomic mass is 10.0. The van der Waals surface area contributed by atoms with Gasteiger partial charge < -0.3 is 5.73 Å². The number of hydrogen-bond acceptors (Lipinski definition) is 4. The van der Waals surface area contributed by atoms with Crippen LogP contribution in [0.1, 0.15) is 44.2 Å². The second-order valence-corrected chi connectivity index (χ2v) is 7.41. The average molecular weight is 297 g/mol. The quantitative estimate of drug-likeness (QED) is 0.758. The van der Waals surface area contributed by atoms with Crippen molar-refractivity contribution >= 4 is 15.6 Å². The van der Waals surface area contributed by atoms with Gasteiger partial charge in [0.15, 0.2) is 0 Å². The highest BCUT2D eigenvalue weighted by molar-refractivity contribution is 7.91. The molecule has 0 fully saturated rings. The third-order valence-corrected chi connectivity index (χ3v) is 5.10. The minimum Gasteiger partial charge on any atom is -0.324 e. The predicted octanol–water partition coefficient (Wildman–Crippen LogP) is 2.25. The van der Waals surface area contributed by atoms with Crippen molar-refractivity contribution in [3.05, 3.63) is 35.9 Å². The number of nitrogens with two attached hydrogens (primary N) is 1. The van der Waals surface area contributed by atoms with Gasteiger partial charge in [0.2, 0.25) is 0 Å². The predicted molar refractivity (Wildman–Crippen MR) is 81.2 cm³/mol. The lowest BCUT2D eigenvalue weighted by Crippen LogP contribution is -2.13. The van der Waals surface area contributed by atoms with Crippen LogP contribution >= 0.6 is 0 Å². The molecule has 0 aliphatic heterocycles. The first-order valence-electron chi connectivity index (χ1n) is 6.97. The average Bonchev–Trinajstić information content (AvgIpc) is 2.45. The van der Waals surface area contributed by atoms with E-state index in [1.54, 1.807) is 6.92 Å². The summed E-state index contributed by atoms with van der Waals surface area (Å²) >= 11 is 0. The van der Waals surface area contributed by atoms with Gasteiger partial charge in [0.1, 0.15) is 15.6 Å². The zero-order chi connectivity index (χ0) is 15.0. The largest absolute Gasteiger partial charge is 0.324 e. The number of sulfone groups is 1. The van der Waals surface area contributed by atoms with Gasteiger partial charge in [0.25, 0.3) is 0 Å². The Balaban J connectivity index is 2.27. The molecular formula is C15H23NO3S. The third-order valence-electron chi connectivity index (χ3n) is 3.31. The fourth-order valence-corrected chi connectivity index (χ4v) is 2.81. The van der Waals surface area contributed by atoms with Crippen LogP contribution < -0.4 is 5.73 Å². The number of ketones is 1. The lowest BCUT2D eigenvalue weighted by molar-refractivity contribution is -0.119. The Kier molecular flexibility index (Phi) is 6.88. The van der Waals surface area contributed by atoms with Crippen LogP contribution in [0, 0.1) is 0 Å². The summed E-state index contributed by atoms with van der Waals surface area (Å²) in [6, 6.07) is 9.53. The molecule has 0 saturated heterocycles. The van der Waals surface area contributed by atoms with E-state index >= 15 is 0 Å². The van der Waals surface area contributed by atoms with Crippen LogP contribution in [0.25, 0.3) is 0 Å². The Morgan fingerprint density at radius 3 is 2.45 bits per heavy atom. The van der Waals surface area contributed by atoms with Gasteiger partial charge in [0.05, 0.1) is 5.75 Å². The highest BCUT2D eigenvalue weighted by Crippen LogP contribution is 2.16. The molecule has 0 aliphatic rings. The van der Waals surface area contributed by atoms with Crippen molar-refractivity contribution < 1.29 is 13.2 Å². The second-order valence-electron chi connectivity index (χ2n) is 4.93. The Hall–Kier alpha value is -1.20. The Labute approximate surface area is 121 Å². The zero-order valence-corrected chi connectivity index (χ0v) is 12.7. The van der Waals surface area contributed by atoms with Crippen LogP contribution in [0.5, 0.6) is 0 Å². The van der Waals surface area contributed by atoms with Gasteiger partial charge in [-0.15, -0.1) is 0 Å². The van der Waals surface area contributed by atoms with Gasteiger partial charge in [-0.2, -0.15) is 0 Å². The molecule has 1 aromatic carbocycles. The molecule has 0 amide bonds. The smallest absolute Gasteiger partial charge is 0.150 e. The SMILES string of the molecule is CCS(=O)(=O)CCCC(=O)CCC(N)c1ccccc1. The number of carbonyl (C=O) groups excluding carboxylic acids is 1. The monoisotopic (exact) mass is 297 g/mol. The first kappa shape index (κ1) is 16.9. The maximum absolute atomic E-state index is 11.7.